The molecule has 2 heterocycles. The molecular formula is C12H21N3O2. The van der Waals surface area contributed by atoms with E-state index in [0.717, 1.165) is 25.8 Å². The number of rotatable bonds is 2. The van der Waals surface area contributed by atoms with Gasteiger partial charge in [-0.15, -0.1) is 0 Å². The van der Waals surface area contributed by atoms with Crippen LogP contribution in [-0.2, 0) is 9.59 Å². The molecule has 3 unspecified atom stereocenters. The van der Waals surface area contributed by atoms with Gasteiger partial charge in [0.05, 0.1) is 11.8 Å². The van der Waals surface area contributed by atoms with Gasteiger partial charge in [0.1, 0.15) is 0 Å². The van der Waals surface area contributed by atoms with Gasteiger partial charge in [-0.2, -0.15) is 0 Å². The van der Waals surface area contributed by atoms with E-state index < -0.39 is 0 Å². The third-order valence-corrected chi connectivity index (χ3v) is 3.91. The summed E-state index contributed by atoms with van der Waals surface area (Å²) in [5.41, 5.74) is 5.27. The van der Waals surface area contributed by atoms with E-state index in [1.54, 1.807) is 4.90 Å². The molecule has 0 aromatic carbocycles. The summed E-state index contributed by atoms with van der Waals surface area (Å²) in [5, 5.41) is 3.33. The molecule has 0 radical (unpaired) electrons. The van der Waals surface area contributed by atoms with Crippen LogP contribution in [0.1, 0.15) is 26.2 Å². The molecule has 3 N–H and O–H groups in total. The van der Waals surface area contributed by atoms with Crippen LogP contribution in [0.25, 0.3) is 0 Å². The summed E-state index contributed by atoms with van der Waals surface area (Å²) >= 11 is 0. The Morgan fingerprint density at radius 3 is 2.53 bits per heavy atom. The highest BCUT2D eigenvalue weighted by molar-refractivity contribution is 5.82. The number of piperidine rings is 1. The zero-order valence-corrected chi connectivity index (χ0v) is 10.3. The van der Waals surface area contributed by atoms with Crippen molar-refractivity contribution in [3.05, 3.63) is 0 Å². The van der Waals surface area contributed by atoms with E-state index in [4.69, 9.17) is 5.73 Å². The van der Waals surface area contributed by atoms with Crippen LogP contribution in [0.5, 0.6) is 0 Å². The molecule has 5 heteroatoms. The van der Waals surface area contributed by atoms with Crippen molar-refractivity contribution in [1.82, 2.24) is 10.2 Å². The number of nitrogens with zero attached hydrogens (tertiary/aromatic N) is 1. The molecule has 0 bridgehead atoms. The predicted molar refractivity (Wildman–Crippen MR) is 64.1 cm³/mol. The maximum Gasteiger partial charge on any atom is 0.226 e. The Morgan fingerprint density at radius 2 is 2.00 bits per heavy atom. The van der Waals surface area contributed by atoms with Crippen LogP contribution in [-0.4, -0.2) is 42.4 Å². The summed E-state index contributed by atoms with van der Waals surface area (Å²) in [7, 11) is 0. The largest absolute Gasteiger partial charge is 0.369 e. The minimum Gasteiger partial charge on any atom is -0.369 e. The number of nitrogens with one attached hydrogen (secondary N) is 1. The van der Waals surface area contributed by atoms with Crippen LogP contribution in [0, 0.1) is 11.8 Å². The number of likely N-dealkylation sites (tertiary alicyclic amines) is 1. The lowest BCUT2D eigenvalue weighted by Gasteiger charge is -2.29. The Bertz CT molecular complexity index is 311. The second-order valence-electron chi connectivity index (χ2n) is 5.26. The van der Waals surface area contributed by atoms with Gasteiger partial charge in [-0.3, -0.25) is 9.59 Å². The van der Waals surface area contributed by atoms with Crippen molar-refractivity contribution in [2.75, 3.05) is 19.6 Å². The van der Waals surface area contributed by atoms with Crippen LogP contribution in [0.4, 0.5) is 0 Å². The lowest BCUT2D eigenvalue weighted by Crippen LogP contribution is -2.45. The van der Waals surface area contributed by atoms with E-state index in [9.17, 15) is 9.59 Å². The Balaban J connectivity index is 1.86. The Kier molecular flexibility index (Phi) is 3.66. The minimum absolute atomic E-state index is 0.0813. The number of amides is 2. The predicted octanol–water partition coefficient (Wildman–Crippen LogP) is -0.292. The smallest absolute Gasteiger partial charge is 0.226 e. The average molecular weight is 239 g/mol. The van der Waals surface area contributed by atoms with Crippen molar-refractivity contribution in [1.29, 1.82) is 0 Å². The van der Waals surface area contributed by atoms with Crippen molar-refractivity contribution in [2.45, 2.75) is 32.2 Å². The van der Waals surface area contributed by atoms with E-state index in [1.165, 1.54) is 0 Å². The van der Waals surface area contributed by atoms with Crippen molar-refractivity contribution < 1.29 is 9.59 Å². The topological polar surface area (TPSA) is 75.4 Å². The summed E-state index contributed by atoms with van der Waals surface area (Å²) < 4.78 is 0. The number of nitrogens with two attached hydrogens (primary N) is 1. The number of hydrogen-bond acceptors (Lipinski definition) is 3. The van der Waals surface area contributed by atoms with Crippen LogP contribution in [0.3, 0.4) is 0 Å². The fourth-order valence-corrected chi connectivity index (χ4v) is 2.66. The molecule has 3 atom stereocenters. The summed E-state index contributed by atoms with van der Waals surface area (Å²) in [6.45, 7) is 4.09. The van der Waals surface area contributed by atoms with E-state index in [-0.39, 0.29) is 23.7 Å². The quantitative estimate of drug-likeness (QED) is 0.695. The molecule has 2 amide bonds. The van der Waals surface area contributed by atoms with Gasteiger partial charge < -0.3 is 16.0 Å². The van der Waals surface area contributed by atoms with Crippen molar-refractivity contribution >= 4 is 11.8 Å². The van der Waals surface area contributed by atoms with Gasteiger partial charge in [-0.1, -0.05) is 0 Å². The van der Waals surface area contributed by atoms with Gasteiger partial charge in [-0.25, -0.2) is 0 Å². The van der Waals surface area contributed by atoms with E-state index in [2.05, 4.69) is 12.2 Å². The molecule has 2 aliphatic heterocycles. The molecule has 17 heavy (non-hydrogen) atoms. The maximum atomic E-state index is 12.2. The molecule has 0 aromatic rings. The zero-order chi connectivity index (χ0) is 12.4. The van der Waals surface area contributed by atoms with Gasteiger partial charge >= 0.3 is 0 Å². The first-order chi connectivity index (χ1) is 8.08. The van der Waals surface area contributed by atoms with Crippen LogP contribution >= 0.6 is 0 Å². The van der Waals surface area contributed by atoms with Gasteiger partial charge in [0.15, 0.2) is 0 Å². The van der Waals surface area contributed by atoms with Crippen molar-refractivity contribution in [3.8, 4) is 0 Å². The Morgan fingerprint density at radius 1 is 1.24 bits per heavy atom. The molecule has 0 spiro atoms. The number of hydrogen-bond donors (Lipinski definition) is 2. The monoisotopic (exact) mass is 239 g/mol. The lowest BCUT2D eigenvalue weighted by molar-refractivity contribution is -0.135. The fourth-order valence-electron chi connectivity index (χ4n) is 2.66. The highest BCUT2D eigenvalue weighted by Crippen LogP contribution is 2.22. The highest BCUT2D eigenvalue weighted by atomic mass is 16.2. The van der Waals surface area contributed by atoms with Crippen LogP contribution in [0.2, 0.25) is 0 Å². The molecule has 0 aromatic heterocycles. The maximum absolute atomic E-state index is 12.2. The normalized spacial score (nSPS) is 33.7. The molecule has 2 aliphatic rings. The first-order valence-electron chi connectivity index (χ1n) is 6.39. The number of carbonyl (C=O) groups is 2. The van der Waals surface area contributed by atoms with Crippen LogP contribution in [0.15, 0.2) is 0 Å². The second kappa shape index (κ2) is 5.04. The summed E-state index contributed by atoms with van der Waals surface area (Å²) in [6.07, 6.45) is 2.71. The minimum atomic E-state index is -0.282. The van der Waals surface area contributed by atoms with Gasteiger partial charge in [0.2, 0.25) is 11.8 Å². The molecule has 2 saturated heterocycles. The summed E-state index contributed by atoms with van der Waals surface area (Å²) in [6, 6.07) is 0.510. The first kappa shape index (κ1) is 12.4. The van der Waals surface area contributed by atoms with Crippen molar-refractivity contribution in [3.63, 3.8) is 0 Å². The van der Waals surface area contributed by atoms with E-state index in [0.29, 0.717) is 19.1 Å². The lowest BCUT2D eigenvalue weighted by atomic mass is 9.94. The third-order valence-electron chi connectivity index (χ3n) is 3.91. The van der Waals surface area contributed by atoms with E-state index in [1.807, 2.05) is 0 Å². The molecule has 0 saturated carbocycles. The average Bonchev–Trinajstić information content (AvgIpc) is 2.78. The fraction of sp³-hybridized carbons (Fsp3) is 0.833. The molecule has 2 fully saturated rings. The molecular weight excluding hydrogens is 218 g/mol. The summed E-state index contributed by atoms with van der Waals surface area (Å²) in [4.78, 5) is 25.1. The second-order valence-corrected chi connectivity index (χ2v) is 5.26. The molecule has 2 rings (SSSR count). The third kappa shape index (κ3) is 2.77. The molecule has 96 valence electrons. The highest BCUT2D eigenvalue weighted by Gasteiger charge is 2.34. The SMILES string of the molecule is CC1CCC(C(=O)N2CCC(C(N)=O)C2)CN1. The number of carbonyl (C=O) groups excluding carboxylic acids is 2. The van der Waals surface area contributed by atoms with Gasteiger partial charge in [-0.05, 0) is 26.2 Å². The standard InChI is InChI=1S/C12H21N3O2/c1-8-2-3-9(6-14-8)12(17)15-5-4-10(7-15)11(13)16/h8-10,14H,2-7H2,1H3,(H2,13,16). The molecule has 5 nitrogen and oxygen atoms in total. The van der Waals surface area contributed by atoms with Gasteiger partial charge in [0, 0.05) is 25.7 Å². The molecule has 0 aliphatic carbocycles. The first-order valence-corrected chi connectivity index (χ1v) is 6.39. The van der Waals surface area contributed by atoms with Gasteiger partial charge in [0.25, 0.3) is 0 Å². The summed E-state index contributed by atoms with van der Waals surface area (Å²) in [5.74, 6) is -0.156. The zero-order valence-electron chi connectivity index (χ0n) is 10.3. The Hall–Kier alpha value is -1.10. The van der Waals surface area contributed by atoms with Crippen molar-refractivity contribution in [2.24, 2.45) is 17.6 Å². The van der Waals surface area contributed by atoms with E-state index >= 15 is 0 Å². The number of primary amides is 1. The Labute approximate surface area is 102 Å². The van der Waals surface area contributed by atoms with Crippen LogP contribution < -0.4 is 11.1 Å².